The summed E-state index contributed by atoms with van der Waals surface area (Å²) in [5, 5.41) is 80.7. The van der Waals surface area contributed by atoms with E-state index in [9.17, 15) is 45.3 Å². The highest BCUT2D eigenvalue weighted by Crippen LogP contribution is 2.54. The molecule has 1 saturated heterocycles. The van der Waals surface area contributed by atoms with Crippen LogP contribution in [0.25, 0.3) is 21.7 Å². The second-order valence-electron chi connectivity index (χ2n) is 19.9. The summed E-state index contributed by atoms with van der Waals surface area (Å²) in [7, 11) is 0. The van der Waals surface area contributed by atoms with E-state index in [1.54, 1.807) is 19.2 Å². The summed E-state index contributed by atoms with van der Waals surface area (Å²) >= 11 is 0. The van der Waals surface area contributed by atoms with Gasteiger partial charge in [-0.25, -0.2) is 9.78 Å². The summed E-state index contributed by atoms with van der Waals surface area (Å²) in [6.07, 6.45) is 9.00. The van der Waals surface area contributed by atoms with Crippen molar-refractivity contribution in [3.05, 3.63) is 105 Å². The van der Waals surface area contributed by atoms with Gasteiger partial charge >= 0.3 is 0 Å². The molecule has 16 heteroatoms. The average Bonchev–Trinajstić information content (AvgIpc) is 4.02. The first-order chi connectivity index (χ1) is 32.7. The molecule has 3 aromatic carbocycles. The number of hydrogen-bond acceptors (Lipinski definition) is 14. The van der Waals surface area contributed by atoms with Crippen molar-refractivity contribution in [3.63, 3.8) is 0 Å². The molecule has 1 aromatic heterocycles. The van der Waals surface area contributed by atoms with Gasteiger partial charge in [-0.2, -0.15) is 0 Å². The number of aliphatic hydroxyl groups is 5. The summed E-state index contributed by atoms with van der Waals surface area (Å²) in [4.78, 5) is 45.8. The van der Waals surface area contributed by atoms with E-state index in [-0.39, 0.29) is 47.1 Å². The number of carbonyl (C=O) groups is 1. The lowest BCUT2D eigenvalue weighted by molar-refractivity contribution is -0.793. The number of phenols is 2. The maximum absolute atomic E-state index is 13.9. The van der Waals surface area contributed by atoms with Crippen LogP contribution in [0.4, 0.5) is 5.69 Å². The Labute approximate surface area is 392 Å². The minimum Gasteiger partial charge on any atom is -0.508 e. The lowest BCUT2D eigenvalue weighted by Crippen LogP contribution is -3.05. The predicted molar refractivity (Wildman–Crippen MR) is 249 cm³/mol. The molecule has 2 spiro atoms. The number of ether oxygens (including phenoxy) is 1. The summed E-state index contributed by atoms with van der Waals surface area (Å²) in [6, 6.07) is 10.4. The van der Waals surface area contributed by atoms with E-state index in [1.165, 1.54) is 36.4 Å². The van der Waals surface area contributed by atoms with Gasteiger partial charge < -0.3 is 50.2 Å². The van der Waals surface area contributed by atoms with Crippen LogP contribution in [0.3, 0.4) is 0 Å². The molecular formula is C52H60N3O13+. The van der Waals surface area contributed by atoms with Crippen LogP contribution < -0.4 is 20.4 Å². The normalized spacial score (nSPS) is 28.2. The van der Waals surface area contributed by atoms with Crippen molar-refractivity contribution in [1.29, 1.82) is 0 Å². The number of quaternary nitrogens is 1. The number of benzene rings is 3. The predicted octanol–water partition coefficient (Wildman–Crippen LogP) is 3.53. The molecule has 4 aromatic rings. The van der Waals surface area contributed by atoms with E-state index in [1.807, 2.05) is 12.3 Å². The number of phenolic OH excluding ortho intramolecular Hbond substituents is 2. The third kappa shape index (κ3) is 7.75. The molecule has 2 unspecified atom stereocenters. The minimum absolute atomic E-state index is 0.0335. The Hall–Kier alpha value is -5.43. The quantitative estimate of drug-likeness (QED) is 0.0530. The zero-order chi connectivity index (χ0) is 47.7. The topological polar surface area (TPSA) is 245 Å². The van der Waals surface area contributed by atoms with E-state index >= 15 is 0 Å². The smallest absolute Gasteiger partial charge is 0.226 e. The highest BCUT2D eigenvalue weighted by molar-refractivity contribution is 5.92. The van der Waals surface area contributed by atoms with Crippen LogP contribution in [0.2, 0.25) is 0 Å². The standard InChI is InChI=1S/C52H59N3O13/c1-3-39-34-13-17-53-38(34)25-55(39)44-46-31(19-36-41(59)18-28(2)66-47(36)44)20-43(52(67-46)16-7-8-30(23-52)37-24-54-49(63)50(37)14-5-4-6-15-50)68-65-27-51(64,48(62)45(61)42(60)26-56)22-29-9-12-40(58)33-11-10-32(57)21-35(29)33/h7-13,17-19,21,25,30,37,39,42-43,45,48,56-58,60-62,64H,3-6,14-16,20,22-24,26-27H2,1-2H3,(H,54,63)/p+1/t30-,37+,39?,42-,43-,45-,48+,51+,52-/m1/s1. The second kappa shape index (κ2) is 17.8. The van der Waals surface area contributed by atoms with Crippen molar-refractivity contribution >= 4 is 39.6 Å². The number of aliphatic imine (C=N–C) groups is 1. The monoisotopic (exact) mass is 934 g/mol. The van der Waals surface area contributed by atoms with E-state index in [0.717, 1.165) is 54.7 Å². The molecule has 9 N–H and O–H groups in total. The van der Waals surface area contributed by atoms with Gasteiger partial charge in [-0.15, -0.1) is 0 Å². The minimum atomic E-state index is -2.42. The highest BCUT2D eigenvalue weighted by atomic mass is 17.2. The van der Waals surface area contributed by atoms with Gasteiger partial charge in [-0.1, -0.05) is 44.4 Å². The summed E-state index contributed by atoms with van der Waals surface area (Å²) in [6.45, 7) is 2.66. The van der Waals surface area contributed by atoms with Gasteiger partial charge in [0.25, 0.3) is 0 Å². The van der Waals surface area contributed by atoms with Crippen LogP contribution in [0.5, 0.6) is 17.2 Å². The maximum atomic E-state index is 13.9. The number of aryl methyl sites for hydroxylation is 1. The molecule has 10 atom stereocenters. The first-order valence-electron chi connectivity index (χ1n) is 23.9. The zero-order valence-corrected chi connectivity index (χ0v) is 38.2. The fraction of sp³-hybridized carbons (Fsp3) is 0.481. The van der Waals surface area contributed by atoms with Crippen LogP contribution in [0, 0.1) is 24.2 Å². The Morgan fingerprint density at radius 1 is 1.03 bits per heavy atom. The van der Waals surface area contributed by atoms with Gasteiger partial charge in [0.05, 0.1) is 17.4 Å². The number of amides is 1. The largest absolute Gasteiger partial charge is 0.508 e. The molecule has 2 aliphatic carbocycles. The van der Waals surface area contributed by atoms with Gasteiger partial charge in [-0.3, -0.25) is 19.5 Å². The Kier molecular flexibility index (Phi) is 12.1. The highest BCUT2D eigenvalue weighted by Gasteiger charge is 2.58. The van der Waals surface area contributed by atoms with Crippen molar-refractivity contribution in [2.75, 3.05) is 19.8 Å². The number of rotatable bonds is 13. The van der Waals surface area contributed by atoms with E-state index in [2.05, 4.69) is 29.4 Å². The van der Waals surface area contributed by atoms with E-state index in [0.29, 0.717) is 69.5 Å². The SMILES string of the molecule is CCC1C2=CC=NC2=C[NH+]1c1c2c(cc3c(=O)cc(C)oc13)C[C@@H](OOC[C@@](O)(Cc1ccc(O)c3ccc(O)cc13)[C@@H](O)[C@H](O)[C@H](O)CO)[C@]1(CC=C[C@@H]([C@@H]3CNC(=O)C34CCCCC4)C1)O2. The molecule has 360 valence electrons. The third-order valence-corrected chi connectivity index (χ3v) is 15.8. The van der Waals surface area contributed by atoms with Crippen molar-refractivity contribution in [2.24, 2.45) is 22.2 Å². The van der Waals surface area contributed by atoms with Crippen LogP contribution in [-0.2, 0) is 27.4 Å². The molecule has 1 saturated carbocycles. The van der Waals surface area contributed by atoms with Gasteiger partial charge in [0.1, 0.15) is 77.4 Å². The van der Waals surface area contributed by atoms with Crippen molar-refractivity contribution in [1.82, 2.24) is 5.32 Å². The van der Waals surface area contributed by atoms with Gasteiger partial charge in [0.2, 0.25) is 17.2 Å². The lowest BCUT2D eigenvalue weighted by atomic mass is 9.60. The molecule has 6 aliphatic rings. The zero-order valence-electron chi connectivity index (χ0n) is 38.2. The van der Waals surface area contributed by atoms with E-state index < -0.39 is 60.7 Å². The number of aliphatic hydroxyl groups excluding tert-OH is 4. The Bertz CT molecular complexity index is 2830. The number of fused-ring (bicyclic) bond motifs is 4. The first kappa shape index (κ1) is 46.3. The third-order valence-electron chi connectivity index (χ3n) is 15.8. The molecule has 0 bridgehead atoms. The lowest BCUT2D eigenvalue weighted by Gasteiger charge is -2.49. The molecule has 16 nitrogen and oxygen atoms in total. The molecule has 10 rings (SSSR count). The van der Waals surface area contributed by atoms with Crippen LogP contribution in [0.15, 0.2) is 92.4 Å². The van der Waals surface area contributed by atoms with Gasteiger partial charge in [0, 0.05) is 61.0 Å². The Morgan fingerprint density at radius 2 is 1.84 bits per heavy atom. The molecule has 68 heavy (non-hydrogen) atoms. The van der Waals surface area contributed by atoms with Crippen LogP contribution in [0.1, 0.15) is 75.2 Å². The van der Waals surface area contributed by atoms with Crippen molar-refractivity contribution in [2.45, 2.75) is 120 Å². The van der Waals surface area contributed by atoms with Crippen molar-refractivity contribution in [3.8, 4) is 17.2 Å². The molecule has 4 aliphatic heterocycles. The summed E-state index contributed by atoms with van der Waals surface area (Å²) in [5.41, 5.74) is -0.352. The Balaban J connectivity index is 1.06. The molecule has 2 fully saturated rings. The maximum Gasteiger partial charge on any atom is 0.226 e. The van der Waals surface area contributed by atoms with Gasteiger partial charge in [-0.05, 0) is 85.4 Å². The summed E-state index contributed by atoms with van der Waals surface area (Å²) < 4.78 is 14.0. The second-order valence-corrected chi connectivity index (χ2v) is 19.9. The number of allylic oxidation sites excluding steroid dienone is 2. The number of aromatic hydroxyl groups is 2. The van der Waals surface area contributed by atoms with E-state index in [4.69, 9.17) is 18.9 Å². The average molecular weight is 935 g/mol. The van der Waals surface area contributed by atoms with Gasteiger partial charge in [0.15, 0.2) is 11.2 Å². The summed E-state index contributed by atoms with van der Waals surface area (Å²) in [5.74, 6) is 0.692. The Morgan fingerprint density at radius 3 is 2.62 bits per heavy atom. The molecule has 1 amide bonds. The molecular weight excluding hydrogens is 875 g/mol. The number of carbonyl (C=O) groups excluding carboxylic acids is 1. The number of nitrogens with one attached hydrogen (secondary N) is 2. The van der Waals surface area contributed by atoms with Crippen LogP contribution in [-0.4, -0.2) is 109 Å². The fourth-order valence-electron chi connectivity index (χ4n) is 12.3. The number of nitrogens with zero attached hydrogens (tertiary/aromatic N) is 1. The fourth-order valence-corrected chi connectivity index (χ4v) is 12.3. The first-order valence-corrected chi connectivity index (χ1v) is 23.9. The van der Waals surface area contributed by atoms with Crippen molar-refractivity contribution < 1.29 is 64.4 Å². The van der Waals surface area contributed by atoms with Crippen LogP contribution >= 0.6 is 0 Å². The number of hydrogen-bond donors (Lipinski definition) is 9. The molecule has 5 heterocycles. The molecule has 0 radical (unpaired) electrons.